The maximum absolute atomic E-state index is 12.5. The summed E-state index contributed by atoms with van der Waals surface area (Å²) in [5, 5.41) is 6.15. The number of nitrogens with zero attached hydrogens (tertiary/aromatic N) is 1. The summed E-state index contributed by atoms with van der Waals surface area (Å²) in [4.78, 5) is 15.0. The molecule has 1 saturated heterocycles. The molecule has 1 heterocycles. The minimum atomic E-state index is -0.223. The van der Waals surface area contributed by atoms with E-state index in [2.05, 4.69) is 27.7 Å². The summed E-state index contributed by atoms with van der Waals surface area (Å²) < 4.78 is 0. The lowest BCUT2D eigenvalue weighted by Crippen LogP contribution is -2.34. The van der Waals surface area contributed by atoms with Crippen molar-refractivity contribution in [3.63, 3.8) is 0 Å². The molecule has 0 spiro atoms. The second kappa shape index (κ2) is 10.3. The lowest BCUT2D eigenvalue weighted by atomic mass is 10.0. The Labute approximate surface area is 189 Å². The molecule has 0 atom stereocenters. The van der Waals surface area contributed by atoms with Crippen LogP contribution in [0.25, 0.3) is 11.1 Å². The van der Waals surface area contributed by atoms with Gasteiger partial charge in [-0.1, -0.05) is 61.0 Å². The molecule has 0 aliphatic carbocycles. The van der Waals surface area contributed by atoms with Gasteiger partial charge < -0.3 is 5.32 Å². The minimum Gasteiger partial charge on any atom is -0.332 e. The van der Waals surface area contributed by atoms with Crippen LogP contribution in [0.5, 0.6) is 0 Å². The van der Waals surface area contributed by atoms with Gasteiger partial charge in [0.25, 0.3) is 5.91 Å². The minimum absolute atomic E-state index is 0.223. The number of rotatable bonds is 5. The van der Waals surface area contributed by atoms with Crippen LogP contribution in [0.15, 0.2) is 78.9 Å². The van der Waals surface area contributed by atoms with Crippen molar-refractivity contribution in [2.45, 2.75) is 25.8 Å². The molecule has 158 valence electrons. The van der Waals surface area contributed by atoms with Crippen LogP contribution in [-0.4, -0.2) is 29.0 Å². The summed E-state index contributed by atoms with van der Waals surface area (Å²) in [6.07, 6.45) is 3.94. The SMILES string of the molecule is O=C(NC(=S)Nc1ccc(CN2CCCCC2)cc1)c1ccc(-c2ccccc2)cc1. The zero-order valence-electron chi connectivity index (χ0n) is 17.5. The Morgan fingerprint density at radius 3 is 2.13 bits per heavy atom. The van der Waals surface area contributed by atoms with Crippen molar-refractivity contribution in [3.05, 3.63) is 90.0 Å². The molecule has 5 heteroatoms. The maximum atomic E-state index is 12.5. The molecule has 1 aliphatic heterocycles. The molecule has 0 bridgehead atoms. The van der Waals surface area contributed by atoms with Gasteiger partial charge in [-0.05, 0) is 79.1 Å². The fourth-order valence-corrected chi connectivity index (χ4v) is 4.06. The van der Waals surface area contributed by atoms with Crippen molar-refractivity contribution in [3.8, 4) is 11.1 Å². The Hall–Kier alpha value is -3.02. The molecule has 0 saturated carbocycles. The fourth-order valence-electron chi connectivity index (χ4n) is 3.85. The third kappa shape index (κ3) is 6.00. The number of thiocarbonyl (C=S) groups is 1. The Morgan fingerprint density at radius 2 is 1.45 bits per heavy atom. The highest BCUT2D eigenvalue weighted by Crippen LogP contribution is 2.19. The van der Waals surface area contributed by atoms with Gasteiger partial charge in [-0.15, -0.1) is 0 Å². The van der Waals surface area contributed by atoms with Gasteiger partial charge in [0.2, 0.25) is 0 Å². The summed E-state index contributed by atoms with van der Waals surface area (Å²) in [5.74, 6) is -0.223. The highest BCUT2D eigenvalue weighted by atomic mass is 32.1. The van der Waals surface area contributed by atoms with Gasteiger partial charge in [-0.3, -0.25) is 15.0 Å². The quantitative estimate of drug-likeness (QED) is 0.528. The Kier molecular flexibility index (Phi) is 7.07. The Morgan fingerprint density at radius 1 is 0.806 bits per heavy atom. The monoisotopic (exact) mass is 429 g/mol. The normalized spacial score (nSPS) is 14.1. The lowest BCUT2D eigenvalue weighted by Gasteiger charge is -2.26. The molecule has 1 fully saturated rings. The number of hydrogen-bond acceptors (Lipinski definition) is 3. The topological polar surface area (TPSA) is 44.4 Å². The van der Waals surface area contributed by atoms with Crippen molar-refractivity contribution in [2.75, 3.05) is 18.4 Å². The summed E-state index contributed by atoms with van der Waals surface area (Å²) >= 11 is 5.33. The highest BCUT2D eigenvalue weighted by molar-refractivity contribution is 7.80. The third-order valence-electron chi connectivity index (χ3n) is 5.55. The van der Waals surface area contributed by atoms with E-state index in [1.54, 1.807) is 0 Å². The number of anilines is 1. The van der Waals surface area contributed by atoms with Crippen molar-refractivity contribution in [1.29, 1.82) is 0 Å². The Bertz CT molecular complexity index is 1010. The van der Waals surface area contributed by atoms with Crippen LogP contribution in [0, 0.1) is 0 Å². The van der Waals surface area contributed by atoms with Gasteiger partial charge in [0.05, 0.1) is 0 Å². The predicted octanol–water partition coefficient (Wildman–Crippen LogP) is 5.47. The van der Waals surface area contributed by atoms with Crippen LogP contribution >= 0.6 is 12.2 Å². The second-order valence-corrected chi connectivity index (χ2v) is 8.29. The van der Waals surface area contributed by atoms with Crippen LogP contribution < -0.4 is 10.6 Å². The number of hydrogen-bond donors (Lipinski definition) is 2. The number of amides is 1. The molecule has 0 radical (unpaired) electrons. The molecule has 4 nitrogen and oxygen atoms in total. The predicted molar refractivity (Wildman–Crippen MR) is 131 cm³/mol. The van der Waals surface area contributed by atoms with Crippen LogP contribution in [0.4, 0.5) is 5.69 Å². The number of carbonyl (C=O) groups excluding carboxylic acids is 1. The molecule has 1 amide bonds. The molecule has 4 rings (SSSR count). The van der Waals surface area contributed by atoms with E-state index in [4.69, 9.17) is 12.2 Å². The van der Waals surface area contributed by atoms with Gasteiger partial charge in [0, 0.05) is 17.8 Å². The molecule has 31 heavy (non-hydrogen) atoms. The first-order chi connectivity index (χ1) is 15.2. The van der Waals surface area contributed by atoms with Gasteiger partial charge >= 0.3 is 0 Å². The van der Waals surface area contributed by atoms with Crippen LogP contribution in [0.1, 0.15) is 35.2 Å². The van der Waals surface area contributed by atoms with E-state index in [0.29, 0.717) is 10.7 Å². The number of nitrogens with one attached hydrogen (secondary N) is 2. The summed E-state index contributed by atoms with van der Waals surface area (Å²) in [5.41, 5.74) is 4.92. The standard InChI is InChI=1S/C26H27N3OS/c30-25(23-13-11-22(12-14-23)21-7-3-1-4-8-21)28-26(31)27-24-15-9-20(10-16-24)19-29-17-5-2-6-18-29/h1,3-4,7-16H,2,5-6,17-19H2,(H2,27,28,30,31). The third-order valence-corrected chi connectivity index (χ3v) is 5.75. The van der Waals surface area contributed by atoms with E-state index in [0.717, 1.165) is 23.4 Å². The summed E-state index contributed by atoms with van der Waals surface area (Å²) in [6.45, 7) is 3.35. The van der Waals surface area contributed by atoms with E-state index in [9.17, 15) is 4.79 Å². The van der Waals surface area contributed by atoms with Crippen molar-refractivity contribution in [2.24, 2.45) is 0 Å². The van der Waals surface area contributed by atoms with Crippen LogP contribution in [0.2, 0.25) is 0 Å². The van der Waals surface area contributed by atoms with Gasteiger partial charge in [-0.25, -0.2) is 0 Å². The zero-order chi connectivity index (χ0) is 21.5. The van der Waals surface area contributed by atoms with Crippen molar-refractivity contribution in [1.82, 2.24) is 10.2 Å². The number of likely N-dealkylation sites (tertiary alicyclic amines) is 1. The number of carbonyl (C=O) groups is 1. The average Bonchev–Trinajstić information content (AvgIpc) is 2.82. The van der Waals surface area contributed by atoms with Crippen LogP contribution in [0.3, 0.4) is 0 Å². The van der Waals surface area contributed by atoms with E-state index >= 15 is 0 Å². The van der Waals surface area contributed by atoms with E-state index in [-0.39, 0.29) is 5.91 Å². The molecular weight excluding hydrogens is 402 g/mol. The van der Waals surface area contributed by atoms with Crippen molar-refractivity contribution < 1.29 is 4.79 Å². The second-order valence-electron chi connectivity index (χ2n) is 7.89. The molecule has 3 aromatic carbocycles. The number of benzene rings is 3. The first kappa shape index (κ1) is 21.2. The summed E-state index contributed by atoms with van der Waals surface area (Å²) in [7, 11) is 0. The fraction of sp³-hybridized carbons (Fsp3) is 0.231. The molecule has 1 aliphatic rings. The lowest BCUT2D eigenvalue weighted by molar-refractivity contribution is 0.0978. The molecule has 0 aromatic heterocycles. The first-order valence-electron chi connectivity index (χ1n) is 10.8. The zero-order valence-corrected chi connectivity index (χ0v) is 18.3. The maximum Gasteiger partial charge on any atom is 0.257 e. The molecule has 0 unspecified atom stereocenters. The Balaban J connectivity index is 1.29. The molecular formula is C26H27N3OS. The molecule has 3 aromatic rings. The van der Waals surface area contributed by atoms with Gasteiger partial charge in [0.1, 0.15) is 0 Å². The summed E-state index contributed by atoms with van der Waals surface area (Å²) in [6, 6.07) is 25.8. The molecule has 2 N–H and O–H groups in total. The largest absolute Gasteiger partial charge is 0.332 e. The number of piperidine rings is 1. The highest BCUT2D eigenvalue weighted by Gasteiger charge is 2.11. The van der Waals surface area contributed by atoms with E-state index in [1.165, 1.54) is 37.9 Å². The van der Waals surface area contributed by atoms with Crippen LogP contribution in [-0.2, 0) is 6.54 Å². The van der Waals surface area contributed by atoms with Crippen molar-refractivity contribution >= 4 is 28.9 Å². The van der Waals surface area contributed by atoms with E-state index in [1.807, 2.05) is 66.7 Å². The smallest absolute Gasteiger partial charge is 0.257 e. The van der Waals surface area contributed by atoms with E-state index < -0.39 is 0 Å². The first-order valence-corrected chi connectivity index (χ1v) is 11.2. The average molecular weight is 430 g/mol. The van der Waals surface area contributed by atoms with Gasteiger partial charge in [-0.2, -0.15) is 0 Å². The van der Waals surface area contributed by atoms with Gasteiger partial charge in [0.15, 0.2) is 5.11 Å².